The highest BCUT2D eigenvalue weighted by atomic mass is 19.1. The lowest BCUT2D eigenvalue weighted by Crippen LogP contribution is -2.36. The molecule has 2 aromatic heterocycles. The van der Waals surface area contributed by atoms with Gasteiger partial charge in [-0.05, 0) is 62.2 Å². The lowest BCUT2D eigenvalue weighted by molar-refractivity contribution is 0.0941. The minimum Gasteiger partial charge on any atom is -0.371 e. The molecule has 1 aromatic carbocycles. The van der Waals surface area contributed by atoms with Crippen molar-refractivity contribution in [2.24, 2.45) is 0 Å². The van der Waals surface area contributed by atoms with E-state index in [0.717, 1.165) is 62.4 Å². The summed E-state index contributed by atoms with van der Waals surface area (Å²) in [5, 5.41) is 10.7. The van der Waals surface area contributed by atoms with Crippen LogP contribution in [0.5, 0.6) is 0 Å². The van der Waals surface area contributed by atoms with Crippen LogP contribution in [0.15, 0.2) is 48.8 Å². The molecule has 30 heavy (non-hydrogen) atoms. The van der Waals surface area contributed by atoms with E-state index in [1.165, 1.54) is 18.5 Å². The number of hydrogen-bond acceptors (Lipinski definition) is 4. The average molecular weight is 413 g/mol. The first-order valence-electron chi connectivity index (χ1n) is 10.2. The van der Waals surface area contributed by atoms with Gasteiger partial charge in [-0.25, -0.2) is 13.3 Å². The number of nitrogens with zero attached hydrogens (tertiary/aromatic N) is 3. The Bertz CT molecular complexity index is 971. The average Bonchev–Trinajstić information content (AvgIpc) is 3.51. The molecule has 1 unspecified atom stereocenters. The molecule has 8 heteroatoms. The zero-order valence-electron chi connectivity index (χ0n) is 16.7. The van der Waals surface area contributed by atoms with Crippen LogP contribution in [0, 0.1) is 11.6 Å². The summed E-state index contributed by atoms with van der Waals surface area (Å²) >= 11 is 0. The van der Waals surface area contributed by atoms with Gasteiger partial charge in [0, 0.05) is 37.6 Å². The van der Waals surface area contributed by atoms with Crippen molar-refractivity contribution in [2.75, 3.05) is 31.1 Å². The largest absolute Gasteiger partial charge is 0.371 e. The SMILES string of the molecule is Fc1ccc(F)cc1.O=C(NC1CCNC1)c1cnn2ccc(N3CCCC3)cc12. The molecule has 2 aliphatic heterocycles. The van der Waals surface area contributed by atoms with Crippen LogP contribution in [0.2, 0.25) is 0 Å². The Balaban J connectivity index is 0.000000230. The number of pyridine rings is 1. The minimum absolute atomic E-state index is 0.0257. The van der Waals surface area contributed by atoms with E-state index in [9.17, 15) is 13.6 Å². The summed E-state index contributed by atoms with van der Waals surface area (Å²) < 4.78 is 25.6. The Morgan fingerprint density at radius 2 is 1.80 bits per heavy atom. The van der Waals surface area contributed by atoms with Crippen LogP contribution in [0.4, 0.5) is 14.5 Å². The summed E-state index contributed by atoms with van der Waals surface area (Å²) in [6, 6.07) is 8.70. The fraction of sp³-hybridized carbons (Fsp3) is 0.364. The monoisotopic (exact) mass is 413 g/mol. The van der Waals surface area contributed by atoms with Crippen LogP contribution < -0.4 is 15.5 Å². The van der Waals surface area contributed by atoms with Gasteiger partial charge in [0.15, 0.2) is 0 Å². The standard InChI is InChI=1S/C16H21N5O.C6H4F2/c22-16(19-12-3-5-17-10-12)14-11-18-21-8-4-13(9-15(14)21)20-6-1-2-7-20;7-5-1-2-6(8)4-3-5/h4,8-9,11-12,17H,1-3,5-7,10H2,(H,19,22);1-4H. The molecule has 5 rings (SSSR count). The molecule has 3 aromatic rings. The summed E-state index contributed by atoms with van der Waals surface area (Å²) in [4.78, 5) is 14.9. The maximum Gasteiger partial charge on any atom is 0.255 e. The van der Waals surface area contributed by atoms with Crippen molar-refractivity contribution in [1.82, 2.24) is 20.2 Å². The van der Waals surface area contributed by atoms with E-state index < -0.39 is 11.6 Å². The van der Waals surface area contributed by atoms with E-state index in [1.54, 1.807) is 10.7 Å². The number of nitrogens with one attached hydrogen (secondary N) is 2. The van der Waals surface area contributed by atoms with Gasteiger partial charge in [-0.15, -0.1) is 0 Å². The zero-order valence-corrected chi connectivity index (χ0v) is 16.7. The lowest BCUT2D eigenvalue weighted by Gasteiger charge is -2.17. The normalized spacial score (nSPS) is 18.3. The number of hydrogen-bond donors (Lipinski definition) is 2. The van der Waals surface area contributed by atoms with Crippen molar-refractivity contribution >= 4 is 17.1 Å². The third-order valence-corrected chi connectivity index (χ3v) is 5.42. The molecular weight excluding hydrogens is 388 g/mol. The Labute approximate surface area is 173 Å². The fourth-order valence-corrected chi connectivity index (χ4v) is 3.79. The van der Waals surface area contributed by atoms with Crippen molar-refractivity contribution in [1.29, 1.82) is 0 Å². The number of fused-ring (bicyclic) bond motifs is 1. The number of halogens is 2. The molecule has 2 fully saturated rings. The molecule has 6 nitrogen and oxygen atoms in total. The number of rotatable bonds is 3. The first-order valence-corrected chi connectivity index (χ1v) is 10.2. The second-order valence-electron chi connectivity index (χ2n) is 7.57. The molecule has 1 amide bonds. The summed E-state index contributed by atoms with van der Waals surface area (Å²) in [5.74, 6) is -0.847. The lowest BCUT2D eigenvalue weighted by atomic mass is 10.2. The van der Waals surface area contributed by atoms with Crippen LogP contribution >= 0.6 is 0 Å². The highest BCUT2D eigenvalue weighted by Crippen LogP contribution is 2.23. The molecule has 1 atom stereocenters. The second kappa shape index (κ2) is 9.21. The molecule has 0 saturated carbocycles. The number of carbonyl (C=O) groups is 1. The van der Waals surface area contributed by atoms with Gasteiger partial charge >= 0.3 is 0 Å². The van der Waals surface area contributed by atoms with Crippen molar-refractivity contribution in [3.8, 4) is 0 Å². The van der Waals surface area contributed by atoms with Crippen molar-refractivity contribution in [3.05, 3.63) is 66.0 Å². The quantitative estimate of drug-likeness (QED) is 0.693. The van der Waals surface area contributed by atoms with Gasteiger partial charge in [0.1, 0.15) is 11.6 Å². The smallest absolute Gasteiger partial charge is 0.255 e. The Morgan fingerprint density at radius 3 is 2.43 bits per heavy atom. The van der Waals surface area contributed by atoms with Gasteiger partial charge in [0.2, 0.25) is 0 Å². The van der Waals surface area contributed by atoms with E-state index in [0.29, 0.717) is 5.56 Å². The molecule has 0 radical (unpaired) electrons. The number of anilines is 1. The third kappa shape index (κ3) is 4.76. The Hall–Kier alpha value is -3.00. The van der Waals surface area contributed by atoms with Crippen molar-refractivity contribution in [2.45, 2.75) is 25.3 Å². The number of amides is 1. The highest BCUT2D eigenvalue weighted by Gasteiger charge is 2.21. The summed E-state index contributed by atoms with van der Waals surface area (Å²) in [6.07, 6.45) is 7.08. The van der Waals surface area contributed by atoms with E-state index >= 15 is 0 Å². The zero-order chi connectivity index (χ0) is 20.9. The molecule has 0 bridgehead atoms. The minimum atomic E-state index is -0.411. The molecule has 4 heterocycles. The third-order valence-electron chi connectivity index (χ3n) is 5.42. The van der Waals surface area contributed by atoms with Gasteiger partial charge in [-0.3, -0.25) is 4.79 Å². The first-order chi connectivity index (χ1) is 14.6. The highest BCUT2D eigenvalue weighted by molar-refractivity contribution is 6.01. The Kier molecular flexibility index (Phi) is 6.23. The maximum absolute atomic E-state index is 12.5. The summed E-state index contributed by atoms with van der Waals surface area (Å²) in [7, 11) is 0. The molecule has 158 valence electrons. The molecule has 0 aliphatic carbocycles. The topological polar surface area (TPSA) is 61.7 Å². The first kappa shape index (κ1) is 20.3. The van der Waals surface area contributed by atoms with Gasteiger partial charge in [0.05, 0.1) is 17.3 Å². The molecule has 0 spiro atoms. The predicted molar refractivity (Wildman–Crippen MR) is 112 cm³/mol. The van der Waals surface area contributed by atoms with Crippen molar-refractivity contribution < 1.29 is 13.6 Å². The number of aromatic nitrogens is 2. The van der Waals surface area contributed by atoms with Gasteiger partial charge < -0.3 is 15.5 Å². The van der Waals surface area contributed by atoms with Gasteiger partial charge in [0.25, 0.3) is 5.91 Å². The molecule has 2 saturated heterocycles. The van der Waals surface area contributed by atoms with Crippen LogP contribution in [0.1, 0.15) is 29.6 Å². The van der Waals surface area contributed by atoms with E-state index in [4.69, 9.17) is 0 Å². The van der Waals surface area contributed by atoms with Gasteiger partial charge in [-0.2, -0.15) is 5.10 Å². The number of carbonyl (C=O) groups excluding carboxylic acids is 1. The van der Waals surface area contributed by atoms with Crippen molar-refractivity contribution in [3.63, 3.8) is 0 Å². The summed E-state index contributed by atoms with van der Waals surface area (Å²) in [5.41, 5.74) is 2.72. The van der Waals surface area contributed by atoms with Crippen LogP contribution in [-0.2, 0) is 0 Å². The predicted octanol–water partition coefficient (Wildman–Crippen LogP) is 2.99. The van der Waals surface area contributed by atoms with Crippen LogP contribution in [-0.4, -0.2) is 47.7 Å². The van der Waals surface area contributed by atoms with Gasteiger partial charge in [-0.1, -0.05) is 0 Å². The summed E-state index contributed by atoms with van der Waals surface area (Å²) in [6.45, 7) is 4.02. The van der Waals surface area contributed by atoms with E-state index in [-0.39, 0.29) is 11.9 Å². The second-order valence-corrected chi connectivity index (χ2v) is 7.57. The van der Waals surface area contributed by atoms with Crippen LogP contribution in [0.3, 0.4) is 0 Å². The van der Waals surface area contributed by atoms with Crippen LogP contribution in [0.25, 0.3) is 5.52 Å². The maximum atomic E-state index is 12.5. The fourth-order valence-electron chi connectivity index (χ4n) is 3.79. The van der Waals surface area contributed by atoms with E-state index in [1.807, 2.05) is 6.20 Å². The molecule has 2 aliphatic rings. The molecule has 2 N–H and O–H groups in total. The Morgan fingerprint density at radius 1 is 1.10 bits per heavy atom. The van der Waals surface area contributed by atoms with E-state index in [2.05, 4.69) is 32.8 Å². The molecular formula is C22H25F2N5O. The number of benzene rings is 1.